The van der Waals surface area contributed by atoms with E-state index in [0.717, 1.165) is 33.4 Å². The van der Waals surface area contributed by atoms with Gasteiger partial charge in [0.2, 0.25) is 5.91 Å². The van der Waals surface area contributed by atoms with Crippen LogP contribution in [0.25, 0.3) is 22.1 Å². The normalized spacial score (nSPS) is 15.8. The van der Waals surface area contributed by atoms with E-state index in [2.05, 4.69) is 27.7 Å². The third-order valence-corrected chi connectivity index (χ3v) is 5.07. The van der Waals surface area contributed by atoms with Gasteiger partial charge in [0.1, 0.15) is 17.1 Å². The van der Waals surface area contributed by atoms with Crippen molar-refractivity contribution in [2.75, 3.05) is 12.9 Å². The van der Waals surface area contributed by atoms with E-state index in [1.165, 1.54) is 11.8 Å². The smallest absolute Gasteiger partial charge is 0.236 e. The Bertz CT molecular complexity index is 1070. The molecule has 0 bridgehead atoms. The van der Waals surface area contributed by atoms with E-state index in [0.29, 0.717) is 16.7 Å². The summed E-state index contributed by atoms with van der Waals surface area (Å²) in [5.41, 5.74) is 3.65. The second kappa shape index (κ2) is 7.28. The average Bonchev–Trinajstić information content (AvgIpc) is 3.23. The Morgan fingerprint density at radius 3 is 2.78 bits per heavy atom. The Morgan fingerprint density at radius 1 is 1.26 bits per heavy atom. The lowest BCUT2D eigenvalue weighted by molar-refractivity contribution is -0.116. The van der Waals surface area contributed by atoms with Gasteiger partial charge in [0, 0.05) is 16.5 Å². The summed E-state index contributed by atoms with van der Waals surface area (Å²) in [4.78, 5) is 11.2. The van der Waals surface area contributed by atoms with Crippen molar-refractivity contribution in [2.45, 2.75) is 6.92 Å². The lowest BCUT2D eigenvalue weighted by Gasteiger charge is -2.05. The average molecular weight is 379 g/mol. The molecule has 7 heteroatoms. The molecule has 1 amide bonds. The van der Waals surface area contributed by atoms with Crippen molar-refractivity contribution in [3.8, 4) is 16.9 Å². The predicted octanol–water partition coefficient (Wildman–Crippen LogP) is 3.97. The molecule has 1 aromatic heterocycles. The molecule has 0 radical (unpaired) electrons. The van der Waals surface area contributed by atoms with Crippen LogP contribution in [0.15, 0.2) is 57.1 Å². The molecule has 4 rings (SSSR count). The van der Waals surface area contributed by atoms with E-state index < -0.39 is 0 Å². The monoisotopic (exact) mass is 379 g/mol. The first-order valence-electron chi connectivity index (χ1n) is 8.36. The number of carbonyl (C=O) groups is 1. The largest absolute Gasteiger partial charge is 0.496 e. The zero-order valence-electron chi connectivity index (χ0n) is 14.9. The number of nitrogens with one attached hydrogen (secondary N) is 1. The van der Waals surface area contributed by atoms with E-state index >= 15 is 0 Å². The van der Waals surface area contributed by atoms with Gasteiger partial charge in [0.05, 0.1) is 19.1 Å². The Labute approximate surface area is 160 Å². The molecule has 0 aliphatic carbocycles. The number of carbonyl (C=O) groups excluding carboxylic acids is 1. The second-order valence-electron chi connectivity index (χ2n) is 5.98. The molecule has 1 N–H and O–H groups in total. The van der Waals surface area contributed by atoms with Gasteiger partial charge < -0.3 is 14.5 Å². The maximum absolute atomic E-state index is 11.2. The molecule has 0 unspecified atom stereocenters. The quantitative estimate of drug-likeness (QED) is 0.550. The molecule has 136 valence electrons. The van der Waals surface area contributed by atoms with Gasteiger partial charge in [-0.2, -0.15) is 5.10 Å². The summed E-state index contributed by atoms with van der Waals surface area (Å²) in [5.74, 6) is 1.83. The summed E-state index contributed by atoms with van der Waals surface area (Å²) >= 11 is 1.33. The topological polar surface area (TPSA) is 76.2 Å². The summed E-state index contributed by atoms with van der Waals surface area (Å²) < 4.78 is 11.5. The maximum Gasteiger partial charge on any atom is 0.236 e. The van der Waals surface area contributed by atoms with Crippen LogP contribution in [0.4, 0.5) is 0 Å². The van der Waals surface area contributed by atoms with Gasteiger partial charge in [-0.15, -0.1) is 5.10 Å². The van der Waals surface area contributed by atoms with Crippen LogP contribution in [-0.2, 0) is 4.79 Å². The van der Waals surface area contributed by atoms with Crippen molar-refractivity contribution in [2.24, 2.45) is 10.2 Å². The molecule has 2 heterocycles. The highest BCUT2D eigenvalue weighted by atomic mass is 32.2. The molecule has 1 aliphatic heterocycles. The van der Waals surface area contributed by atoms with Crippen molar-refractivity contribution in [1.29, 1.82) is 0 Å². The number of thioether (sulfide) groups is 1. The summed E-state index contributed by atoms with van der Waals surface area (Å²) in [6.45, 7) is 1.95. The molecule has 0 saturated carbocycles. The number of hydrogen-bond donors (Lipinski definition) is 1. The highest BCUT2D eigenvalue weighted by Crippen LogP contribution is 2.37. The fraction of sp³-hybridized carbons (Fsp3) is 0.150. The number of nitrogens with zero attached hydrogens (tertiary/aromatic N) is 2. The Hall–Kier alpha value is -3.06. The van der Waals surface area contributed by atoms with Gasteiger partial charge >= 0.3 is 0 Å². The fourth-order valence-electron chi connectivity index (χ4n) is 3.03. The molecule has 1 aliphatic rings. The highest BCUT2D eigenvalue weighted by Gasteiger charge is 2.17. The molecule has 3 aromatic rings. The SMILES string of the molecule is COc1cc2c(-c3ccccc3)c(C)oc2cc1C=NN=C1NC(=O)CS1. The number of hydrogen-bond acceptors (Lipinski definition) is 6. The van der Waals surface area contributed by atoms with Crippen LogP contribution >= 0.6 is 11.8 Å². The summed E-state index contributed by atoms with van der Waals surface area (Å²) in [6, 6.07) is 14.0. The maximum atomic E-state index is 11.2. The number of aryl methyl sites for hydroxylation is 1. The Balaban J connectivity index is 1.74. The van der Waals surface area contributed by atoms with Crippen LogP contribution in [0.2, 0.25) is 0 Å². The third kappa shape index (κ3) is 3.46. The summed E-state index contributed by atoms with van der Waals surface area (Å²) in [5, 5.41) is 12.2. The molecular weight excluding hydrogens is 362 g/mol. The number of amidine groups is 1. The molecule has 1 saturated heterocycles. The molecule has 27 heavy (non-hydrogen) atoms. The first-order valence-corrected chi connectivity index (χ1v) is 9.34. The van der Waals surface area contributed by atoms with Crippen molar-refractivity contribution < 1.29 is 13.9 Å². The predicted molar refractivity (Wildman–Crippen MR) is 109 cm³/mol. The van der Waals surface area contributed by atoms with Crippen molar-refractivity contribution in [1.82, 2.24) is 5.32 Å². The molecule has 0 spiro atoms. The van der Waals surface area contributed by atoms with Crippen molar-refractivity contribution in [3.05, 3.63) is 53.8 Å². The summed E-state index contributed by atoms with van der Waals surface area (Å²) in [6.07, 6.45) is 1.59. The molecule has 2 aromatic carbocycles. The zero-order chi connectivity index (χ0) is 18.8. The Morgan fingerprint density at radius 2 is 2.07 bits per heavy atom. The first kappa shape index (κ1) is 17.4. The van der Waals surface area contributed by atoms with Crippen LogP contribution in [0.3, 0.4) is 0 Å². The van der Waals surface area contributed by atoms with Crippen molar-refractivity contribution in [3.63, 3.8) is 0 Å². The van der Waals surface area contributed by atoms with E-state index in [9.17, 15) is 4.79 Å². The Kier molecular flexibility index (Phi) is 4.68. The number of benzene rings is 2. The van der Waals surface area contributed by atoms with Gasteiger partial charge in [-0.25, -0.2) is 0 Å². The fourth-order valence-corrected chi connectivity index (χ4v) is 3.66. The minimum atomic E-state index is -0.0625. The standard InChI is InChI=1S/C20H17N3O3S/c1-12-19(13-6-4-3-5-7-13)15-9-16(25-2)14(8-17(15)26-12)10-21-23-20-22-18(24)11-27-20/h3-10H,11H2,1-2H3,(H,22,23,24). The minimum absolute atomic E-state index is 0.0625. The highest BCUT2D eigenvalue weighted by molar-refractivity contribution is 8.15. The van der Waals surface area contributed by atoms with E-state index in [1.54, 1.807) is 13.3 Å². The molecule has 0 atom stereocenters. The number of furan rings is 1. The van der Waals surface area contributed by atoms with E-state index in [1.807, 2.05) is 37.3 Å². The lowest BCUT2D eigenvalue weighted by Crippen LogP contribution is -2.19. The van der Waals surface area contributed by atoms with Gasteiger partial charge in [-0.05, 0) is 24.6 Å². The van der Waals surface area contributed by atoms with Crippen LogP contribution in [0.5, 0.6) is 5.75 Å². The number of amides is 1. The molecule has 6 nitrogen and oxygen atoms in total. The minimum Gasteiger partial charge on any atom is -0.496 e. The van der Waals surface area contributed by atoms with Crippen LogP contribution in [0.1, 0.15) is 11.3 Å². The number of fused-ring (bicyclic) bond motifs is 1. The van der Waals surface area contributed by atoms with E-state index in [4.69, 9.17) is 9.15 Å². The number of rotatable bonds is 4. The van der Waals surface area contributed by atoms with Crippen LogP contribution in [0, 0.1) is 6.92 Å². The van der Waals surface area contributed by atoms with E-state index in [-0.39, 0.29) is 5.91 Å². The first-order chi connectivity index (χ1) is 13.2. The third-order valence-electron chi connectivity index (χ3n) is 4.21. The van der Waals surface area contributed by atoms with Gasteiger partial charge in [-0.1, -0.05) is 42.1 Å². The summed E-state index contributed by atoms with van der Waals surface area (Å²) in [7, 11) is 1.62. The molecule has 1 fully saturated rings. The molecular formula is C20H17N3O3S. The van der Waals surface area contributed by atoms with Gasteiger partial charge in [0.15, 0.2) is 5.17 Å². The van der Waals surface area contributed by atoms with Crippen molar-refractivity contribution >= 4 is 40.0 Å². The zero-order valence-corrected chi connectivity index (χ0v) is 15.7. The van der Waals surface area contributed by atoms with Gasteiger partial charge in [-0.3, -0.25) is 4.79 Å². The second-order valence-corrected chi connectivity index (χ2v) is 6.94. The lowest BCUT2D eigenvalue weighted by atomic mass is 10.0. The van der Waals surface area contributed by atoms with Crippen LogP contribution < -0.4 is 10.1 Å². The number of methoxy groups -OCH3 is 1. The number of ether oxygens (including phenoxy) is 1. The van der Waals surface area contributed by atoms with Gasteiger partial charge in [0.25, 0.3) is 0 Å². The van der Waals surface area contributed by atoms with Crippen LogP contribution in [-0.4, -0.2) is 30.2 Å².